The molecule has 4 N–H and O–H groups in total. The molecule has 0 spiro atoms. The Kier molecular flexibility index (Phi) is 11.5. The molecule has 3 aromatic carbocycles. The minimum atomic E-state index is -1.16. The van der Waals surface area contributed by atoms with Crippen molar-refractivity contribution in [2.24, 2.45) is 0 Å². The molecule has 12 heteroatoms. The Balaban J connectivity index is 1.60. The summed E-state index contributed by atoms with van der Waals surface area (Å²) in [6.45, 7) is 1.59. The van der Waals surface area contributed by atoms with Gasteiger partial charge in [-0.05, 0) is 54.7 Å². The van der Waals surface area contributed by atoms with Gasteiger partial charge in [-0.2, -0.15) is 0 Å². The maximum atomic E-state index is 13.6. The Hall–Kier alpha value is -4.54. The minimum Gasteiger partial charge on any atom is -0.503 e. The number of benzene rings is 3. The lowest BCUT2D eigenvalue weighted by Gasteiger charge is -2.28. The Labute approximate surface area is 270 Å². The van der Waals surface area contributed by atoms with Gasteiger partial charge < -0.3 is 30.5 Å². The normalized spacial score (nSPS) is 15.1. The predicted molar refractivity (Wildman–Crippen MR) is 169 cm³/mol. The highest BCUT2D eigenvalue weighted by Crippen LogP contribution is 2.41. The van der Waals surface area contributed by atoms with Crippen LogP contribution in [-0.4, -0.2) is 51.4 Å². The standard InChI is InChI=1S/C33H33Cl2N3O7/c1-20(39)37-26(33(43)44)12-7-8-14-38-29(25-11-5-6-13-27(25)45-19-21-9-3-2-4-10-21)28(30(40)32(38)42)31(41)36-18-22-15-23(34)17-24(35)16-22/h2-6,9-11,13,15-17,26,29,40H,7-8,12,14,18-19H2,1H3,(H,36,41)(H,37,39)(H,43,44)/t26-,29?/m1/s1. The third-order valence-electron chi connectivity index (χ3n) is 7.19. The van der Waals surface area contributed by atoms with Crippen LogP contribution in [0.25, 0.3) is 0 Å². The second kappa shape index (κ2) is 15.5. The number of unbranched alkanes of at least 4 members (excludes halogenated alkanes) is 1. The number of carboxylic acid groups (broad SMARTS) is 1. The van der Waals surface area contributed by atoms with Gasteiger partial charge in [-0.1, -0.05) is 71.7 Å². The quantitative estimate of drug-likeness (QED) is 0.172. The number of aliphatic hydroxyl groups is 1. The number of aliphatic hydroxyl groups excluding tert-OH is 1. The predicted octanol–water partition coefficient (Wildman–Crippen LogP) is 5.34. The lowest BCUT2D eigenvalue weighted by atomic mass is 9.97. The van der Waals surface area contributed by atoms with Gasteiger partial charge in [-0.15, -0.1) is 0 Å². The molecule has 0 saturated carbocycles. The van der Waals surface area contributed by atoms with E-state index in [0.29, 0.717) is 39.8 Å². The van der Waals surface area contributed by atoms with Crippen molar-refractivity contribution in [1.29, 1.82) is 0 Å². The molecule has 4 rings (SSSR count). The number of para-hydroxylation sites is 1. The first-order valence-corrected chi connectivity index (χ1v) is 15.0. The number of nitrogens with one attached hydrogen (secondary N) is 2. The number of carboxylic acids is 1. The summed E-state index contributed by atoms with van der Waals surface area (Å²) in [5.74, 6) is -3.31. The molecule has 0 aliphatic carbocycles. The fourth-order valence-corrected chi connectivity index (χ4v) is 5.71. The topological polar surface area (TPSA) is 145 Å². The maximum Gasteiger partial charge on any atom is 0.326 e. The summed E-state index contributed by atoms with van der Waals surface area (Å²) in [4.78, 5) is 51.4. The molecule has 2 atom stereocenters. The van der Waals surface area contributed by atoms with Crippen LogP contribution >= 0.6 is 23.2 Å². The molecule has 3 amide bonds. The first kappa shape index (κ1) is 33.4. The SMILES string of the molecule is CC(=O)N[C@H](CCCCN1C(=O)C(O)=C(C(=O)NCc2cc(Cl)cc(Cl)c2)C1c1ccccc1OCc1ccccc1)C(=O)O. The number of nitrogens with zero attached hydrogens (tertiary/aromatic N) is 1. The number of halogens is 2. The van der Waals surface area contributed by atoms with Crippen LogP contribution in [0.4, 0.5) is 0 Å². The second-order valence-electron chi connectivity index (χ2n) is 10.5. The third kappa shape index (κ3) is 8.77. The van der Waals surface area contributed by atoms with Crippen molar-refractivity contribution in [3.63, 3.8) is 0 Å². The van der Waals surface area contributed by atoms with E-state index >= 15 is 0 Å². The lowest BCUT2D eigenvalue weighted by Crippen LogP contribution is -2.39. The van der Waals surface area contributed by atoms with Crippen molar-refractivity contribution in [3.8, 4) is 5.75 Å². The van der Waals surface area contributed by atoms with E-state index in [1.807, 2.05) is 30.3 Å². The number of aliphatic carboxylic acids is 1. The van der Waals surface area contributed by atoms with Gasteiger partial charge in [0.15, 0.2) is 5.76 Å². The van der Waals surface area contributed by atoms with Gasteiger partial charge in [0.05, 0.1) is 11.6 Å². The van der Waals surface area contributed by atoms with E-state index in [1.165, 1.54) is 11.8 Å². The highest BCUT2D eigenvalue weighted by atomic mass is 35.5. The molecule has 0 saturated heterocycles. The Morgan fingerprint density at radius 3 is 2.29 bits per heavy atom. The zero-order valence-electron chi connectivity index (χ0n) is 24.5. The summed E-state index contributed by atoms with van der Waals surface area (Å²) in [7, 11) is 0. The molecule has 10 nitrogen and oxygen atoms in total. The van der Waals surface area contributed by atoms with E-state index in [0.717, 1.165) is 5.56 Å². The van der Waals surface area contributed by atoms with Crippen LogP contribution < -0.4 is 15.4 Å². The monoisotopic (exact) mass is 653 g/mol. The number of hydrogen-bond donors (Lipinski definition) is 4. The van der Waals surface area contributed by atoms with Crippen molar-refractivity contribution < 1.29 is 34.1 Å². The highest BCUT2D eigenvalue weighted by Gasteiger charge is 2.44. The van der Waals surface area contributed by atoms with Gasteiger partial charge in [0.1, 0.15) is 18.4 Å². The molecule has 3 aromatic rings. The number of rotatable bonds is 14. The van der Waals surface area contributed by atoms with Crippen molar-refractivity contribution in [3.05, 3.63) is 111 Å². The van der Waals surface area contributed by atoms with Crippen LogP contribution in [0.5, 0.6) is 5.75 Å². The minimum absolute atomic E-state index is 0.0304. The fourth-order valence-electron chi connectivity index (χ4n) is 5.14. The largest absolute Gasteiger partial charge is 0.503 e. The summed E-state index contributed by atoms with van der Waals surface area (Å²) in [5, 5.41) is 26.4. The Morgan fingerprint density at radius 2 is 1.62 bits per heavy atom. The van der Waals surface area contributed by atoms with Crippen LogP contribution in [-0.2, 0) is 32.3 Å². The Morgan fingerprint density at radius 1 is 0.956 bits per heavy atom. The molecule has 0 radical (unpaired) electrons. The first-order chi connectivity index (χ1) is 21.5. The van der Waals surface area contributed by atoms with E-state index in [2.05, 4.69) is 10.6 Å². The molecule has 0 aromatic heterocycles. The van der Waals surface area contributed by atoms with Crippen LogP contribution in [0.1, 0.15) is 48.9 Å². The number of carbonyl (C=O) groups is 4. The first-order valence-electron chi connectivity index (χ1n) is 14.3. The van der Waals surface area contributed by atoms with E-state index in [9.17, 15) is 29.4 Å². The van der Waals surface area contributed by atoms with Gasteiger partial charge in [0.2, 0.25) is 5.91 Å². The van der Waals surface area contributed by atoms with E-state index in [-0.39, 0.29) is 31.7 Å². The zero-order chi connectivity index (χ0) is 32.5. The lowest BCUT2D eigenvalue weighted by molar-refractivity contribution is -0.141. The maximum absolute atomic E-state index is 13.6. The Bertz CT molecular complexity index is 1580. The molecule has 1 heterocycles. The number of carbonyl (C=O) groups excluding carboxylic acids is 3. The van der Waals surface area contributed by atoms with Crippen molar-refractivity contribution in [2.45, 2.75) is 51.4 Å². The summed E-state index contributed by atoms with van der Waals surface area (Å²) < 4.78 is 6.15. The van der Waals surface area contributed by atoms with Crippen molar-refractivity contribution >= 4 is 46.9 Å². The number of hydrogen-bond acceptors (Lipinski definition) is 6. The molecule has 1 unspecified atom stereocenters. The van der Waals surface area contributed by atoms with E-state index in [4.69, 9.17) is 27.9 Å². The average molecular weight is 655 g/mol. The highest BCUT2D eigenvalue weighted by molar-refractivity contribution is 6.34. The number of amides is 3. The molecule has 45 heavy (non-hydrogen) atoms. The molecule has 0 bridgehead atoms. The molecular formula is C33H33Cl2N3O7. The van der Waals surface area contributed by atoms with Gasteiger partial charge in [-0.3, -0.25) is 14.4 Å². The van der Waals surface area contributed by atoms with Crippen LogP contribution in [0.15, 0.2) is 84.1 Å². The zero-order valence-corrected chi connectivity index (χ0v) is 26.0. The smallest absolute Gasteiger partial charge is 0.326 e. The molecule has 1 aliphatic rings. The summed E-state index contributed by atoms with van der Waals surface area (Å²) in [5.41, 5.74) is 1.88. The van der Waals surface area contributed by atoms with Crippen LogP contribution in [0.2, 0.25) is 10.0 Å². The van der Waals surface area contributed by atoms with Crippen molar-refractivity contribution in [1.82, 2.24) is 15.5 Å². The van der Waals surface area contributed by atoms with Crippen LogP contribution in [0.3, 0.4) is 0 Å². The van der Waals surface area contributed by atoms with Gasteiger partial charge >= 0.3 is 5.97 Å². The van der Waals surface area contributed by atoms with Crippen LogP contribution in [0, 0.1) is 0 Å². The molecule has 236 valence electrons. The van der Waals surface area contributed by atoms with Gasteiger partial charge in [-0.25, -0.2) is 4.79 Å². The van der Waals surface area contributed by atoms with Gasteiger partial charge in [0, 0.05) is 35.6 Å². The average Bonchev–Trinajstić information content (AvgIpc) is 3.25. The van der Waals surface area contributed by atoms with E-state index in [1.54, 1.807) is 42.5 Å². The summed E-state index contributed by atoms with van der Waals surface area (Å²) in [6.07, 6.45) is 0.812. The summed E-state index contributed by atoms with van der Waals surface area (Å²) in [6, 6.07) is 19.2. The molecule has 0 fully saturated rings. The second-order valence-corrected chi connectivity index (χ2v) is 11.4. The molecular weight excluding hydrogens is 621 g/mol. The third-order valence-corrected chi connectivity index (χ3v) is 7.63. The van der Waals surface area contributed by atoms with E-state index < -0.39 is 41.5 Å². The summed E-state index contributed by atoms with van der Waals surface area (Å²) >= 11 is 12.2. The number of ether oxygens (including phenoxy) is 1. The van der Waals surface area contributed by atoms with Crippen molar-refractivity contribution in [2.75, 3.05) is 6.54 Å². The van der Waals surface area contributed by atoms with Gasteiger partial charge in [0.25, 0.3) is 11.8 Å². The fraction of sp³-hybridized carbons (Fsp3) is 0.273. The molecule has 1 aliphatic heterocycles.